The van der Waals surface area contributed by atoms with Crippen molar-refractivity contribution in [3.8, 4) is 0 Å². The van der Waals surface area contributed by atoms with E-state index in [4.69, 9.17) is 11.6 Å². The van der Waals surface area contributed by atoms with E-state index in [1.807, 2.05) is 24.3 Å². The number of likely N-dealkylation sites (tertiary alicyclic amines) is 1. The van der Waals surface area contributed by atoms with Gasteiger partial charge in [-0.15, -0.1) is 0 Å². The number of benzene rings is 2. The van der Waals surface area contributed by atoms with Crippen LogP contribution in [-0.2, 0) is 0 Å². The molecule has 1 saturated heterocycles. The molecule has 2 N–H and O–H groups in total. The van der Waals surface area contributed by atoms with Gasteiger partial charge in [0.1, 0.15) is 0 Å². The Balaban J connectivity index is 1.51. The highest BCUT2D eigenvalue weighted by molar-refractivity contribution is 6.30. The molecular formula is C21H21ClF2N4O. The van der Waals surface area contributed by atoms with E-state index in [0.29, 0.717) is 28.2 Å². The SMILES string of the molecule is O=C(NCC(c1cccc(Cl)c1)N1CCCC1)c1ccc2nc(C(F)F)[nH]c2c1. The number of halogens is 3. The number of nitrogens with one attached hydrogen (secondary N) is 2. The zero-order valence-electron chi connectivity index (χ0n) is 15.7. The highest BCUT2D eigenvalue weighted by atomic mass is 35.5. The zero-order valence-corrected chi connectivity index (χ0v) is 16.4. The third-order valence-corrected chi connectivity index (χ3v) is 5.48. The molecule has 3 aromatic rings. The van der Waals surface area contributed by atoms with E-state index in [0.717, 1.165) is 31.5 Å². The lowest BCUT2D eigenvalue weighted by atomic mass is 10.1. The van der Waals surface area contributed by atoms with Crippen LogP contribution < -0.4 is 5.32 Å². The number of amides is 1. The van der Waals surface area contributed by atoms with Gasteiger partial charge in [-0.25, -0.2) is 13.8 Å². The predicted octanol–water partition coefficient (Wildman–Crippen LogP) is 4.72. The summed E-state index contributed by atoms with van der Waals surface area (Å²) >= 11 is 6.17. The second-order valence-electron chi connectivity index (χ2n) is 7.18. The Kier molecular flexibility index (Phi) is 5.78. The second-order valence-corrected chi connectivity index (χ2v) is 7.62. The summed E-state index contributed by atoms with van der Waals surface area (Å²) in [6.07, 6.45) is -0.416. The van der Waals surface area contributed by atoms with Gasteiger partial charge in [-0.1, -0.05) is 23.7 Å². The minimum Gasteiger partial charge on any atom is -0.350 e. The standard InChI is InChI=1S/C21H21ClF2N4O/c22-15-5-3-4-13(10-15)18(28-8-1-2-9-28)12-25-21(29)14-6-7-16-17(11-14)27-20(26-16)19(23)24/h3-7,10-11,18-19H,1-2,8-9,12H2,(H,25,29)(H,26,27). The summed E-state index contributed by atoms with van der Waals surface area (Å²) in [4.78, 5) is 21.5. The van der Waals surface area contributed by atoms with Gasteiger partial charge >= 0.3 is 0 Å². The molecule has 1 atom stereocenters. The van der Waals surface area contributed by atoms with Crippen LogP contribution in [0.25, 0.3) is 11.0 Å². The molecule has 1 fully saturated rings. The van der Waals surface area contributed by atoms with E-state index in [2.05, 4.69) is 20.2 Å². The Morgan fingerprint density at radius 1 is 1.21 bits per heavy atom. The molecule has 2 aromatic carbocycles. The van der Waals surface area contributed by atoms with Crippen molar-refractivity contribution < 1.29 is 13.6 Å². The maximum atomic E-state index is 12.8. The summed E-state index contributed by atoms with van der Waals surface area (Å²) in [5.74, 6) is -0.654. The number of hydrogen-bond donors (Lipinski definition) is 2. The van der Waals surface area contributed by atoms with Crippen molar-refractivity contribution in [3.63, 3.8) is 0 Å². The van der Waals surface area contributed by atoms with Crippen molar-refractivity contribution in [2.45, 2.75) is 25.3 Å². The Morgan fingerprint density at radius 3 is 2.72 bits per heavy atom. The zero-order chi connectivity index (χ0) is 20.4. The largest absolute Gasteiger partial charge is 0.350 e. The van der Waals surface area contributed by atoms with Crippen LogP contribution in [0.3, 0.4) is 0 Å². The number of carbonyl (C=O) groups is 1. The number of alkyl halides is 2. The van der Waals surface area contributed by atoms with Gasteiger partial charge in [0.25, 0.3) is 12.3 Å². The minimum atomic E-state index is -2.68. The van der Waals surface area contributed by atoms with Crippen molar-refractivity contribution in [2.75, 3.05) is 19.6 Å². The van der Waals surface area contributed by atoms with Crippen molar-refractivity contribution >= 4 is 28.5 Å². The van der Waals surface area contributed by atoms with Crippen molar-refractivity contribution in [3.05, 3.63) is 64.4 Å². The molecule has 29 heavy (non-hydrogen) atoms. The summed E-state index contributed by atoms with van der Waals surface area (Å²) < 4.78 is 25.6. The lowest BCUT2D eigenvalue weighted by molar-refractivity contribution is 0.0938. The molecule has 1 aliphatic heterocycles. The van der Waals surface area contributed by atoms with Crippen LogP contribution >= 0.6 is 11.6 Å². The number of rotatable bonds is 6. The smallest absolute Gasteiger partial charge is 0.295 e. The average Bonchev–Trinajstić information content (AvgIpc) is 3.37. The number of fused-ring (bicyclic) bond motifs is 1. The van der Waals surface area contributed by atoms with E-state index in [-0.39, 0.29) is 11.9 Å². The number of H-pyrrole nitrogens is 1. The molecule has 1 unspecified atom stereocenters. The van der Waals surface area contributed by atoms with E-state index in [9.17, 15) is 13.6 Å². The highest BCUT2D eigenvalue weighted by Gasteiger charge is 2.24. The summed E-state index contributed by atoms with van der Waals surface area (Å²) in [5, 5.41) is 3.65. The van der Waals surface area contributed by atoms with Gasteiger partial charge in [-0.2, -0.15) is 0 Å². The molecule has 1 aliphatic rings. The third kappa shape index (κ3) is 4.41. The van der Waals surface area contributed by atoms with Crippen molar-refractivity contribution in [2.24, 2.45) is 0 Å². The molecule has 0 bridgehead atoms. The molecule has 2 heterocycles. The van der Waals surface area contributed by atoms with Crippen LogP contribution in [-0.4, -0.2) is 40.4 Å². The molecule has 0 spiro atoms. The number of aromatic amines is 1. The first-order valence-corrected chi connectivity index (χ1v) is 9.94. The lowest BCUT2D eigenvalue weighted by Gasteiger charge is -2.28. The van der Waals surface area contributed by atoms with Gasteiger partial charge in [0.15, 0.2) is 5.82 Å². The minimum absolute atomic E-state index is 0.0291. The van der Waals surface area contributed by atoms with E-state index in [1.54, 1.807) is 18.2 Å². The van der Waals surface area contributed by atoms with Gasteiger partial charge < -0.3 is 10.3 Å². The maximum absolute atomic E-state index is 12.8. The number of nitrogens with zero attached hydrogens (tertiary/aromatic N) is 2. The molecule has 4 rings (SSSR count). The fourth-order valence-electron chi connectivity index (χ4n) is 3.79. The molecule has 1 aromatic heterocycles. The van der Waals surface area contributed by atoms with Crippen LogP contribution in [0, 0.1) is 0 Å². The number of carbonyl (C=O) groups excluding carboxylic acids is 1. The Morgan fingerprint density at radius 2 is 2.00 bits per heavy atom. The molecule has 152 valence electrons. The number of imidazole rings is 1. The molecule has 8 heteroatoms. The fourth-order valence-corrected chi connectivity index (χ4v) is 3.99. The molecule has 0 saturated carbocycles. The Hall–Kier alpha value is -2.51. The topological polar surface area (TPSA) is 61.0 Å². The van der Waals surface area contributed by atoms with E-state index < -0.39 is 12.2 Å². The van der Waals surface area contributed by atoms with Crippen LogP contribution in [0.15, 0.2) is 42.5 Å². The van der Waals surface area contributed by atoms with Gasteiger partial charge in [0.2, 0.25) is 0 Å². The van der Waals surface area contributed by atoms with Crippen molar-refractivity contribution in [1.29, 1.82) is 0 Å². The van der Waals surface area contributed by atoms with Gasteiger partial charge in [-0.05, 0) is 61.8 Å². The van der Waals surface area contributed by atoms with Crippen LogP contribution in [0.1, 0.15) is 47.1 Å². The van der Waals surface area contributed by atoms with Gasteiger partial charge in [-0.3, -0.25) is 9.69 Å². The normalized spacial score (nSPS) is 15.9. The van der Waals surface area contributed by atoms with Crippen LogP contribution in [0.2, 0.25) is 5.02 Å². The predicted molar refractivity (Wildman–Crippen MR) is 108 cm³/mol. The monoisotopic (exact) mass is 418 g/mol. The fraction of sp³-hybridized carbons (Fsp3) is 0.333. The summed E-state index contributed by atoms with van der Waals surface area (Å²) in [6, 6.07) is 12.4. The summed E-state index contributed by atoms with van der Waals surface area (Å²) in [7, 11) is 0. The summed E-state index contributed by atoms with van der Waals surface area (Å²) in [5.41, 5.74) is 2.28. The maximum Gasteiger partial charge on any atom is 0.295 e. The summed E-state index contributed by atoms with van der Waals surface area (Å²) in [6.45, 7) is 2.38. The Bertz CT molecular complexity index is 1020. The molecular weight excluding hydrogens is 398 g/mol. The van der Waals surface area contributed by atoms with Crippen molar-refractivity contribution in [1.82, 2.24) is 20.2 Å². The second kappa shape index (κ2) is 8.47. The number of aromatic nitrogens is 2. The van der Waals surface area contributed by atoms with Crippen LogP contribution in [0.4, 0.5) is 8.78 Å². The third-order valence-electron chi connectivity index (χ3n) is 5.24. The number of hydrogen-bond acceptors (Lipinski definition) is 3. The molecule has 0 aliphatic carbocycles. The molecule has 0 radical (unpaired) electrons. The highest BCUT2D eigenvalue weighted by Crippen LogP contribution is 2.27. The lowest BCUT2D eigenvalue weighted by Crippen LogP contribution is -2.36. The van der Waals surface area contributed by atoms with Gasteiger partial charge in [0.05, 0.1) is 17.1 Å². The van der Waals surface area contributed by atoms with E-state index in [1.165, 1.54) is 0 Å². The molecule has 5 nitrogen and oxygen atoms in total. The van der Waals surface area contributed by atoms with Crippen LogP contribution in [0.5, 0.6) is 0 Å². The molecule has 1 amide bonds. The average molecular weight is 419 g/mol. The first-order chi connectivity index (χ1) is 14.0. The first-order valence-electron chi connectivity index (χ1n) is 9.57. The first kappa shape index (κ1) is 19.8. The van der Waals surface area contributed by atoms with E-state index >= 15 is 0 Å². The van der Waals surface area contributed by atoms with Gasteiger partial charge in [0, 0.05) is 17.1 Å². The quantitative estimate of drug-likeness (QED) is 0.608. The Labute approximate surface area is 172 Å².